The monoisotopic (exact) mass is 451 g/mol. The van der Waals surface area contributed by atoms with Crippen LogP contribution in [-0.4, -0.2) is 28.1 Å². The van der Waals surface area contributed by atoms with E-state index in [1.54, 1.807) is 12.1 Å². The zero-order valence-electron chi connectivity index (χ0n) is 15.9. The largest absolute Gasteiger partial charge is 0.478 e. The number of H-pyrrole nitrogens is 1. The van der Waals surface area contributed by atoms with E-state index in [9.17, 15) is 27.9 Å². The standard InChI is InChI=1S/C21H17ClF3N3O3/c22-15-6-4-11(9-14(15)21(23,24)25)27-20(31)26-10-5-7-16-13(8-10)18-12(19(29)30)2-1-3-17(18)28-16/h1-4,6,9-10,28H,5,7-8H2,(H,29,30)(H2,26,27,31). The lowest BCUT2D eigenvalue weighted by Gasteiger charge is -2.24. The number of nitrogens with one attached hydrogen (secondary N) is 3. The topological polar surface area (TPSA) is 94.2 Å². The van der Waals surface area contributed by atoms with Crippen LogP contribution in [0.1, 0.15) is 33.6 Å². The van der Waals surface area contributed by atoms with Gasteiger partial charge in [0.05, 0.1) is 16.1 Å². The first kappa shape index (κ1) is 21.0. The van der Waals surface area contributed by atoms with Gasteiger partial charge in [0.2, 0.25) is 0 Å². The predicted octanol–water partition coefficient (Wildman–Crippen LogP) is 5.22. The van der Waals surface area contributed by atoms with Crippen LogP contribution in [0, 0.1) is 0 Å². The Balaban J connectivity index is 1.51. The maximum absolute atomic E-state index is 13.0. The van der Waals surface area contributed by atoms with Crippen molar-refractivity contribution in [3.05, 3.63) is 63.8 Å². The van der Waals surface area contributed by atoms with Crippen molar-refractivity contribution in [3.63, 3.8) is 0 Å². The van der Waals surface area contributed by atoms with E-state index in [-0.39, 0.29) is 17.3 Å². The molecule has 0 radical (unpaired) electrons. The Kier molecular flexibility index (Phi) is 5.30. The van der Waals surface area contributed by atoms with Crippen molar-refractivity contribution in [3.8, 4) is 0 Å². The molecule has 4 N–H and O–H groups in total. The molecule has 162 valence electrons. The van der Waals surface area contributed by atoms with E-state index < -0.39 is 28.8 Å². The highest BCUT2D eigenvalue weighted by Gasteiger charge is 2.33. The molecule has 0 spiro atoms. The first-order valence-electron chi connectivity index (χ1n) is 9.43. The summed E-state index contributed by atoms with van der Waals surface area (Å²) in [6, 6.07) is 7.18. The molecule has 0 bridgehead atoms. The Morgan fingerprint density at radius 3 is 2.68 bits per heavy atom. The smallest absolute Gasteiger partial charge is 0.417 e. The molecule has 6 nitrogen and oxygen atoms in total. The number of carboxylic acids is 1. The average Bonchev–Trinajstić information content (AvgIpc) is 3.06. The molecular formula is C21H17ClF3N3O3. The number of alkyl halides is 3. The number of hydrogen-bond acceptors (Lipinski definition) is 2. The number of carbonyl (C=O) groups excluding carboxylic acids is 1. The average molecular weight is 452 g/mol. The van der Waals surface area contributed by atoms with Gasteiger partial charge < -0.3 is 20.7 Å². The summed E-state index contributed by atoms with van der Waals surface area (Å²) in [5.41, 5.74) is 1.59. The molecule has 0 saturated heterocycles. The van der Waals surface area contributed by atoms with Gasteiger partial charge in [0.15, 0.2) is 0 Å². The van der Waals surface area contributed by atoms with Crippen molar-refractivity contribution < 1.29 is 27.9 Å². The number of amides is 2. The molecular weight excluding hydrogens is 435 g/mol. The third-order valence-corrected chi connectivity index (χ3v) is 5.63. The fraction of sp³-hybridized carbons (Fsp3) is 0.238. The highest BCUT2D eigenvalue weighted by atomic mass is 35.5. The number of rotatable bonds is 3. The summed E-state index contributed by atoms with van der Waals surface area (Å²) in [5.74, 6) is -1.04. The Labute approximate surface area is 179 Å². The van der Waals surface area contributed by atoms with Gasteiger partial charge in [0.1, 0.15) is 0 Å². The Morgan fingerprint density at radius 1 is 1.19 bits per heavy atom. The number of aryl methyl sites for hydroxylation is 1. The highest BCUT2D eigenvalue weighted by molar-refractivity contribution is 6.31. The predicted molar refractivity (Wildman–Crippen MR) is 110 cm³/mol. The van der Waals surface area contributed by atoms with E-state index in [0.717, 1.165) is 28.9 Å². The van der Waals surface area contributed by atoms with Crippen LogP contribution in [0.2, 0.25) is 5.02 Å². The highest BCUT2D eigenvalue weighted by Crippen LogP contribution is 2.36. The Morgan fingerprint density at radius 2 is 1.97 bits per heavy atom. The summed E-state index contributed by atoms with van der Waals surface area (Å²) in [4.78, 5) is 27.2. The summed E-state index contributed by atoms with van der Waals surface area (Å²) >= 11 is 5.60. The van der Waals surface area contributed by atoms with E-state index in [2.05, 4.69) is 15.6 Å². The Hall–Kier alpha value is -3.20. The van der Waals surface area contributed by atoms with Gasteiger partial charge in [0.25, 0.3) is 0 Å². The number of carboxylic acid groups (broad SMARTS) is 1. The lowest BCUT2D eigenvalue weighted by Crippen LogP contribution is -2.41. The van der Waals surface area contributed by atoms with E-state index in [4.69, 9.17) is 11.6 Å². The quantitative estimate of drug-likeness (QED) is 0.440. The third kappa shape index (κ3) is 4.18. The number of benzene rings is 2. The van der Waals surface area contributed by atoms with Gasteiger partial charge >= 0.3 is 18.2 Å². The summed E-state index contributed by atoms with van der Waals surface area (Å²) < 4.78 is 39.0. The molecule has 4 rings (SSSR count). The van der Waals surface area contributed by atoms with E-state index >= 15 is 0 Å². The number of aromatic carboxylic acids is 1. The normalized spacial score (nSPS) is 16.1. The van der Waals surface area contributed by atoms with Crippen molar-refractivity contribution in [1.82, 2.24) is 10.3 Å². The third-order valence-electron chi connectivity index (χ3n) is 5.30. The van der Waals surface area contributed by atoms with Gasteiger partial charge in [-0.1, -0.05) is 17.7 Å². The fourth-order valence-corrected chi connectivity index (χ4v) is 4.18. The van der Waals surface area contributed by atoms with Crippen LogP contribution in [0.4, 0.5) is 23.7 Å². The van der Waals surface area contributed by atoms with Gasteiger partial charge in [-0.05, 0) is 55.2 Å². The van der Waals surface area contributed by atoms with Crippen molar-refractivity contribution in [2.75, 3.05) is 5.32 Å². The van der Waals surface area contributed by atoms with Crippen LogP contribution in [0.5, 0.6) is 0 Å². The number of halogens is 4. The maximum Gasteiger partial charge on any atom is 0.417 e. The number of aromatic nitrogens is 1. The molecule has 0 saturated carbocycles. The second-order valence-corrected chi connectivity index (χ2v) is 7.75. The first-order valence-corrected chi connectivity index (χ1v) is 9.81. The van der Waals surface area contributed by atoms with Crippen LogP contribution in [0.15, 0.2) is 36.4 Å². The van der Waals surface area contributed by atoms with Crippen molar-refractivity contribution >= 4 is 40.2 Å². The van der Waals surface area contributed by atoms with Gasteiger partial charge in [-0.3, -0.25) is 0 Å². The van der Waals surface area contributed by atoms with Crippen LogP contribution in [-0.2, 0) is 19.0 Å². The van der Waals surface area contributed by atoms with E-state index in [0.29, 0.717) is 24.6 Å². The molecule has 31 heavy (non-hydrogen) atoms. The fourth-order valence-electron chi connectivity index (χ4n) is 3.95. The van der Waals surface area contributed by atoms with Crippen LogP contribution in [0.25, 0.3) is 10.9 Å². The molecule has 0 fully saturated rings. The lowest BCUT2D eigenvalue weighted by molar-refractivity contribution is -0.137. The molecule has 2 aromatic carbocycles. The molecule has 3 aromatic rings. The molecule has 2 amide bonds. The lowest BCUT2D eigenvalue weighted by atomic mass is 9.90. The zero-order valence-corrected chi connectivity index (χ0v) is 16.7. The number of anilines is 1. The van der Waals surface area contributed by atoms with Crippen LogP contribution >= 0.6 is 11.6 Å². The van der Waals surface area contributed by atoms with Gasteiger partial charge in [-0.25, -0.2) is 9.59 Å². The van der Waals surface area contributed by atoms with E-state index in [1.165, 1.54) is 12.1 Å². The summed E-state index contributed by atoms with van der Waals surface area (Å²) in [6.45, 7) is 0. The molecule has 10 heteroatoms. The zero-order chi connectivity index (χ0) is 22.3. The number of aromatic amines is 1. The van der Waals surface area contributed by atoms with Gasteiger partial charge in [-0.15, -0.1) is 0 Å². The molecule has 1 heterocycles. The van der Waals surface area contributed by atoms with Crippen LogP contribution < -0.4 is 10.6 Å². The second-order valence-electron chi connectivity index (χ2n) is 7.35. The molecule has 1 aliphatic rings. The summed E-state index contributed by atoms with van der Waals surface area (Å²) in [7, 11) is 0. The summed E-state index contributed by atoms with van der Waals surface area (Å²) in [6.07, 6.45) is -3.03. The molecule has 1 aliphatic carbocycles. The molecule has 1 aromatic heterocycles. The first-order chi connectivity index (χ1) is 14.6. The second kappa shape index (κ2) is 7.81. The van der Waals surface area contributed by atoms with Crippen molar-refractivity contribution in [2.24, 2.45) is 0 Å². The summed E-state index contributed by atoms with van der Waals surface area (Å²) in [5, 5.41) is 14.8. The minimum atomic E-state index is -4.64. The number of hydrogen-bond donors (Lipinski definition) is 4. The minimum Gasteiger partial charge on any atom is -0.478 e. The van der Waals surface area contributed by atoms with E-state index in [1.807, 2.05) is 0 Å². The van der Waals surface area contributed by atoms with Crippen LogP contribution in [0.3, 0.4) is 0 Å². The SMILES string of the molecule is O=C(Nc1ccc(Cl)c(C(F)(F)F)c1)NC1CCc2[nH]c3cccc(C(=O)O)c3c2C1. The van der Waals surface area contributed by atoms with Gasteiger partial charge in [-0.2, -0.15) is 13.2 Å². The van der Waals surface area contributed by atoms with Crippen molar-refractivity contribution in [2.45, 2.75) is 31.5 Å². The molecule has 1 atom stereocenters. The number of carbonyl (C=O) groups is 2. The molecule has 1 unspecified atom stereocenters. The number of fused-ring (bicyclic) bond motifs is 3. The number of urea groups is 1. The minimum absolute atomic E-state index is 0.0361. The van der Waals surface area contributed by atoms with Gasteiger partial charge in [0, 0.05) is 28.3 Å². The van der Waals surface area contributed by atoms with Crippen molar-refractivity contribution in [1.29, 1.82) is 0 Å². The molecule has 0 aliphatic heterocycles. The Bertz CT molecular complexity index is 1190. The maximum atomic E-state index is 13.0.